The fourth-order valence-electron chi connectivity index (χ4n) is 1.49. The minimum Gasteiger partial charge on any atom is -0.376 e. The lowest BCUT2D eigenvalue weighted by Crippen LogP contribution is -2.31. The lowest BCUT2D eigenvalue weighted by Gasteiger charge is -2.16. The third kappa shape index (κ3) is 2.54. The van der Waals surface area contributed by atoms with Crippen LogP contribution in [0.25, 0.3) is 11.3 Å². The molecule has 0 fully saturated rings. The number of H-pyrrole nitrogens is 1. The van der Waals surface area contributed by atoms with Crippen LogP contribution in [0.4, 0.5) is 5.69 Å². The van der Waals surface area contributed by atoms with Gasteiger partial charge in [0.2, 0.25) is 0 Å². The van der Waals surface area contributed by atoms with Gasteiger partial charge in [-0.05, 0) is 30.4 Å². The molecule has 92 valence electrons. The van der Waals surface area contributed by atoms with E-state index in [0.717, 1.165) is 11.3 Å². The maximum absolute atomic E-state index is 10.9. The maximum Gasteiger partial charge on any atom is 0.264 e. The number of nitrogens with one attached hydrogen (secondary N) is 1. The zero-order chi connectivity index (χ0) is 13.1. The average molecular weight is 260 g/mol. The SMILES string of the molecule is CN(C(N)=S)c1ccc(-c2ccc(=O)[nH]n2)cc1. The molecule has 6 heteroatoms. The van der Waals surface area contributed by atoms with Crippen LogP contribution in [-0.2, 0) is 0 Å². The van der Waals surface area contributed by atoms with Crippen LogP contribution < -0.4 is 16.2 Å². The van der Waals surface area contributed by atoms with Gasteiger partial charge in [0.15, 0.2) is 5.11 Å². The molecule has 0 aliphatic carbocycles. The van der Waals surface area contributed by atoms with Crippen molar-refractivity contribution in [3.63, 3.8) is 0 Å². The molecule has 0 aliphatic rings. The fraction of sp³-hybridized carbons (Fsp3) is 0.0833. The minimum atomic E-state index is -0.219. The quantitative estimate of drug-likeness (QED) is 0.791. The van der Waals surface area contributed by atoms with Gasteiger partial charge in [0.1, 0.15) is 0 Å². The van der Waals surface area contributed by atoms with Crippen molar-refractivity contribution in [2.24, 2.45) is 5.73 Å². The number of anilines is 1. The molecule has 0 saturated carbocycles. The summed E-state index contributed by atoms with van der Waals surface area (Å²) in [6, 6.07) is 10.7. The van der Waals surface area contributed by atoms with E-state index in [-0.39, 0.29) is 5.56 Å². The van der Waals surface area contributed by atoms with Crippen LogP contribution >= 0.6 is 12.2 Å². The standard InChI is InChI=1S/C12H12N4OS/c1-16(12(13)18)9-4-2-8(3-5-9)10-6-7-11(17)15-14-10/h2-7H,1H3,(H2,13,18)(H,15,17). The van der Waals surface area contributed by atoms with Crippen LogP contribution in [0.2, 0.25) is 0 Å². The number of rotatable bonds is 2. The van der Waals surface area contributed by atoms with E-state index in [9.17, 15) is 4.79 Å². The number of hydrogen-bond acceptors (Lipinski definition) is 3. The number of benzene rings is 1. The molecule has 0 spiro atoms. The van der Waals surface area contributed by atoms with Crippen molar-refractivity contribution in [3.05, 3.63) is 46.8 Å². The van der Waals surface area contributed by atoms with E-state index in [2.05, 4.69) is 10.2 Å². The highest BCUT2D eigenvalue weighted by atomic mass is 32.1. The summed E-state index contributed by atoms with van der Waals surface area (Å²) in [6.45, 7) is 0. The van der Waals surface area contributed by atoms with Crippen molar-refractivity contribution < 1.29 is 0 Å². The summed E-state index contributed by atoms with van der Waals surface area (Å²) in [5, 5.41) is 6.66. The van der Waals surface area contributed by atoms with E-state index >= 15 is 0 Å². The van der Waals surface area contributed by atoms with Gasteiger partial charge in [-0.2, -0.15) is 5.10 Å². The highest BCUT2D eigenvalue weighted by Crippen LogP contribution is 2.20. The Morgan fingerprint density at radius 3 is 2.44 bits per heavy atom. The lowest BCUT2D eigenvalue weighted by molar-refractivity contribution is 0.995. The van der Waals surface area contributed by atoms with Gasteiger partial charge in [0, 0.05) is 24.4 Å². The molecule has 2 aromatic rings. The second-order valence-electron chi connectivity index (χ2n) is 3.75. The van der Waals surface area contributed by atoms with Gasteiger partial charge < -0.3 is 10.6 Å². The van der Waals surface area contributed by atoms with E-state index in [0.29, 0.717) is 10.8 Å². The number of hydrogen-bond donors (Lipinski definition) is 2. The molecule has 0 aliphatic heterocycles. The fourth-order valence-corrected chi connectivity index (χ4v) is 1.59. The normalized spacial score (nSPS) is 10.1. The molecule has 5 nitrogen and oxygen atoms in total. The molecule has 1 aromatic carbocycles. The first-order chi connectivity index (χ1) is 8.58. The van der Waals surface area contributed by atoms with Crippen molar-refractivity contribution in [2.45, 2.75) is 0 Å². The molecule has 0 radical (unpaired) electrons. The maximum atomic E-state index is 10.9. The van der Waals surface area contributed by atoms with E-state index in [1.165, 1.54) is 6.07 Å². The Balaban J connectivity index is 2.30. The molecule has 0 amide bonds. The van der Waals surface area contributed by atoms with Crippen LogP contribution in [0.5, 0.6) is 0 Å². The number of aromatic nitrogens is 2. The molecule has 0 bridgehead atoms. The van der Waals surface area contributed by atoms with Crippen LogP contribution in [0.1, 0.15) is 0 Å². The van der Waals surface area contributed by atoms with Crippen LogP contribution in [-0.4, -0.2) is 22.4 Å². The zero-order valence-electron chi connectivity index (χ0n) is 9.75. The Morgan fingerprint density at radius 1 is 1.28 bits per heavy atom. The van der Waals surface area contributed by atoms with Crippen LogP contribution in [0, 0.1) is 0 Å². The van der Waals surface area contributed by atoms with E-state index < -0.39 is 0 Å². The summed E-state index contributed by atoms with van der Waals surface area (Å²) in [6.07, 6.45) is 0. The van der Waals surface area contributed by atoms with Crippen molar-refractivity contribution >= 4 is 23.0 Å². The first-order valence-corrected chi connectivity index (χ1v) is 5.68. The Hall–Kier alpha value is -2.21. The first kappa shape index (κ1) is 12.3. The summed E-state index contributed by atoms with van der Waals surface area (Å²) >= 11 is 4.89. The largest absolute Gasteiger partial charge is 0.376 e. The monoisotopic (exact) mass is 260 g/mol. The molecule has 18 heavy (non-hydrogen) atoms. The van der Waals surface area contributed by atoms with Crippen LogP contribution in [0.3, 0.4) is 0 Å². The van der Waals surface area contributed by atoms with Gasteiger partial charge in [-0.15, -0.1) is 0 Å². The Bertz CT molecular complexity index is 600. The molecular weight excluding hydrogens is 248 g/mol. The third-order valence-corrected chi connectivity index (χ3v) is 2.83. The van der Waals surface area contributed by atoms with Crippen molar-refractivity contribution in [2.75, 3.05) is 11.9 Å². The number of aromatic amines is 1. The second kappa shape index (κ2) is 4.97. The van der Waals surface area contributed by atoms with Crippen molar-refractivity contribution in [1.29, 1.82) is 0 Å². The predicted octanol–water partition coefficient (Wildman–Crippen LogP) is 1.12. The van der Waals surface area contributed by atoms with E-state index in [4.69, 9.17) is 18.0 Å². The van der Waals surface area contributed by atoms with E-state index in [1.54, 1.807) is 18.0 Å². The zero-order valence-corrected chi connectivity index (χ0v) is 10.6. The Kier molecular flexibility index (Phi) is 3.38. The van der Waals surface area contributed by atoms with Gasteiger partial charge in [0.05, 0.1) is 5.69 Å². The van der Waals surface area contributed by atoms with Gasteiger partial charge in [-0.1, -0.05) is 12.1 Å². The molecule has 2 rings (SSSR count). The van der Waals surface area contributed by atoms with Gasteiger partial charge in [-0.25, -0.2) is 5.10 Å². The smallest absolute Gasteiger partial charge is 0.264 e. The highest BCUT2D eigenvalue weighted by molar-refractivity contribution is 7.80. The third-order valence-electron chi connectivity index (χ3n) is 2.56. The highest BCUT2D eigenvalue weighted by Gasteiger charge is 2.04. The molecule has 0 unspecified atom stereocenters. The molecule has 1 aromatic heterocycles. The summed E-state index contributed by atoms with van der Waals surface area (Å²) in [7, 11) is 1.80. The van der Waals surface area contributed by atoms with Gasteiger partial charge in [0.25, 0.3) is 5.56 Å². The lowest BCUT2D eigenvalue weighted by atomic mass is 10.1. The van der Waals surface area contributed by atoms with Gasteiger partial charge in [-0.3, -0.25) is 4.79 Å². The average Bonchev–Trinajstić information content (AvgIpc) is 2.39. The molecule has 3 N–H and O–H groups in total. The van der Waals surface area contributed by atoms with Crippen LogP contribution in [0.15, 0.2) is 41.2 Å². The van der Waals surface area contributed by atoms with Crippen molar-refractivity contribution in [1.82, 2.24) is 10.2 Å². The Labute approximate surface area is 109 Å². The van der Waals surface area contributed by atoms with E-state index in [1.807, 2.05) is 24.3 Å². The molecule has 1 heterocycles. The summed E-state index contributed by atoms with van der Waals surface area (Å²) in [5.74, 6) is 0. The molecule has 0 atom stereocenters. The second-order valence-corrected chi connectivity index (χ2v) is 4.17. The first-order valence-electron chi connectivity index (χ1n) is 5.27. The molecular formula is C12H12N4OS. The Morgan fingerprint density at radius 2 is 1.94 bits per heavy atom. The summed E-state index contributed by atoms with van der Waals surface area (Å²) in [5.41, 5.74) is 7.84. The predicted molar refractivity (Wildman–Crippen MR) is 75.5 cm³/mol. The summed E-state index contributed by atoms with van der Waals surface area (Å²) < 4.78 is 0. The molecule has 0 saturated heterocycles. The number of nitrogens with two attached hydrogens (primary N) is 1. The minimum absolute atomic E-state index is 0.219. The number of nitrogens with zero attached hydrogens (tertiary/aromatic N) is 2. The topological polar surface area (TPSA) is 75.0 Å². The summed E-state index contributed by atoms with van der Waals surface area (Å²) in [4.78, 5) is 12.6. The number of thiocarbonyl (C=S) groups is 1. The van der Waals surface area contributed by atoms with Crippen molar-refractivity contribution in [3.8, 4) is 11.3 Å². The van der Waals surface area contributed by atoms with Gasteiger partial charge >= 0.3 is 0 Å².